The van der Waals surface area contributed by atoms with Crippen LogP contribution in [0.4, 0.5) is 4.39 Å². The molecule has 2 aromatic heterocycles. The van der Waals surface area contributed by atoms with E-state index in [-0.39, 0.29) is 11.0 Å². The molecular weight excluding hydrogens is 307 g/mol. The standard InChI is InChI=1S/C18H23FN4O/c1-11-12(5-6-15(19)20-11)9-23-8-7-14-13(10-23)16(24)22-17(21-14)18(2,3)4/h5-6H,7-10H2,1-4H3,(H,21,22,24). The zero-order valence-corrected chi connectivity index (χ0v) is 14.6. The van der Waals surface area contributed by atoms with Crippen molar-refractivity contribution in [2.45, 2.75) is 52.6 Å². The van der Waals surface area contributed by atoms with Crippen LogP contribution in [0.15, 0.2) is 16.9 Å². The summed E-state index contributed by atoms with van der Waals surface area (Å²) < 4.78 is 13.1. The average molecular weight is 330 g/mol. The summed E-state index contributed by atoms with van der Waals surface area (Å²) >= 11 is 0. The number of nitrogens with zero attached hydrogens (tertiary/aromatic N) is 3. The van der Waals surface area contributed by atoms with Crippen molar-refractivity contribution in [3.8, 4) is 0 Å². The maximum Gasteiger partial charge on any atom is 0.255 e. The first-order valence-electron chi connectivity index (χ1n) is 8.21. The third kappa shape index (κ3) is 3.38. The summed E-state index contributed by atoms with van der Waals surface area (Å²) in [6, 6.07) is 3.14. The molecule has 0 saturated carbocycles. The first kappa shape index (κ1) is 16.8. The van der Waals surface area contributed by atoms with Crippen molar-refractivity contribution in [3.63, 3.8) is 0 Å². The van der Waals surface area contributed by atoms with Gasteiger partial charge in [-0.3, -0.25) is 9.69 Å². The molecule has 0 unspecified atom stereocenters. The van der Waals surface area contributed by atoms with E-state index in [1.165, 1.54) is 6.07 Å². The average Bonchev–Trinajstić information content (AvgIpc) is 2.49. The van der Waals surface area contributed by atoms with E-state index < -0.39 is 5.95 Å². The van der Waals surface area contributed by atoms with Gasteiger partial charge in [0.2, 0.25) is 5.95 Å². The van der Waals surface area contributed by atoms with Gasteiger partial charge in [0.25, 0.3) is 5.56 Å². The largest absolute Gasteiger partial charge is 0.310 e. The Kier molecular flexibility index (Phi) is 4.25. The zero-order valence-electron chi connectivity index (χ0n) is 14.6. The Morgan fingerprint density at radius 3 is 2.71 bits per heavy atom. The molecule has 0 fully saturated rings. The van der Waals surface area contributed by atoms with E-state index in [2.05, 4.69) is 19.9 Å². The highest BCUT2D eigenvalue weighted by Gasteiger charge is 2.25. The number of H-pyrrole nitrogens is 1. The van der Waals surface area contributed by atoms with Gasteiger partial charge < -0.3 is 4.98 Å². The zero-order chi connectivity index (χ0) is 17.5. The second kappa shape index (κ2) is 6.09. The van der Waals surface area contributed by atoms with Crippen LogP contribution < -0.4 is 5.56 Å². The number of halogens is 1. The molecule has 0 bridgehead atoms. The molecular formula is C18H23FN4O. The number of pyridine rings is 1. The SMILES string of the molecule is Cc1nc(F)ccc1CN1CCc2nc(C(C)(C)C)[nH]c(=O)c2C1. The van der Waals surface area contributed by atoms with Crippen LogP contribution in [0.25, 0.3) is 0 Å². The quantitative estimate of drug-likeness (QED) is 0.859. The normalized spacial score (nSPS) is 15.4. The van der Waals surface area contributed by atoms with E-state index in [1.54, 1.807) is 13.0 Å². The van der Waals surface area contributed by atoms with Crippen LogP contribution in [-0.4, -0.2) is 26.4 Å². The Bertz CT molecular complexity index is 823. The molecule has 1 aliphatic heterocycles. The number of nitrogens with one attached hydrogen (secondary N) is 1. The molecule has 2 aromatic rings. The van der Waals surface area contributed by atoms with Crippen molar-refractivity contribution >= 4 is 0 Å². The molecule has 0 amide bonds. The van der Waals surface area contributed by atoms with Crippen LogP contribution in [0.3, 0.4) is 0 Å². The van der Waals surface area contributed by atoms with Gasteiger partial charge >= 0.3 is 0 Å². The van der Waals surface area contributed by atoms with Crippen LogP contribution in [-0.2, 0) is 24.9 Å². The lowest BCUT2D eigenvalue weighted by atomic mass is 9.95. The van der Waals surface area contributed by atoms with Gasteiger partial charge in [0, 0.05) is 37.2 Å². The molecule has 5 nitrogen and oxygen atoms in total. The molecule has 0 radical (unpaired) electrons. The fourth-order valence-electron chi connectivity index (χ4n) is 2.94. The number of aryl methyl sites for hydroxylation is 1. The second-order valence-electron chi connectivity index (χ2n) is 7.43. The maximum atomic E-state index is 13.1. The molecule has 3 heterocycles. The molecule has 128 valence electrons. The van der Waals surface area contributed by atoms with Crippen molar-refractivity contribution in [1.82, 2.24) is 19.9 Å². The van der Waals surface area contributed by atoms with Gasteiger partial charge in [-0.25, -0.2) is 9.97 Å². The molecule has 0 aromatic carbocycles. The van der Waals surface area contributed by atoms with E-state index in [0.717, 1.165) is 35.6 Å². The van der Waals surface area contributed by atoms with Crippen molar-refractivity contribution in [1.29, 1.82) is 0 Å². The van der Waals surface area contributed by atoms with Crippen LogP contribution in [0.1, 0.15) is 49.1 Å². The highest BCUT2D eigenvalue weighted by Crippen LogP contribution is 2.21. The number of hydrogen-bond acceptors (Lipinski definition) is 4. The molecule has 0 saturated heterocycles. The summed E-state index contributed by atoms with van der Waals surface area (Å²) in [6.07, 6.45) is 0.746. The van der Waals surface area contributed by atoms with Gasteiger partial charge in [-0.2, -0.15) is 4.39 Å². The van der Waals surface area contributed by atoms with Gasteiger partial charge in [-0.1, -0.05) is 26.8 Å². The molecule has 0 atom stereocenters. The van der Waals surface area contributed by atoms with E-state index in [9.17, 15) is 9.18 Å². The van der Waals surface area contributed by atoms with Gasteiger partial charge in [-0.15, -0.1) is 0 Å². The number of aromatic nitrogens is 3. The summed E-state index contributed by atoms with van der Waals surface area (Å²) in [6.45, 7) is 9.95. The maximum absolute atomic E-state index is 13.1. The van der Waals surface area contributed by atoms with E-state index >= 15 is 0 Å². The van der Waals surface area contributed by atoms with Gasteiger partial charge in [0.05, 0.1) is 11.3 Å². The minimum atomic E-state index is -0.462. The smallest absolute Gasteiger partial charge is 0.255 e. The number of fused-ring (bicyclic) bond motifs is 1. The lowest BCUT2D eigenvalue weighted by Gasteiger charge is -2.29. The van der Waals surface area contributed by atoms with Crippen molar-refractivity contribution < 1.29 is 4.39 Å². The fraction of sp³-hybridized carbons (Fsp3) is 0.500. The van der Waals surface area contributed by atoms with Crippen molar-refractivity contribution in [2.75, 3.05) is 6.54 Å². The van der Waals surface area contributed by atoms with Gasteiger partial charge in [0.15, 0.2) is 0 Å². The first-order valence-corrected chi connectivity index (χ1v) is 8.21. The van der Waals surface area contributed by atoms with Crippen LogP contribution in [0, 0.1) is 12.9 Å². The van der Waals surface area contributed by atoms with Crippen LogP contribution in [0.2, 0.25) is 0 Å². The topological polar surface area (TPSA) is 61.9 Å². The van der Waals surface area contributed by atoms with Crippen molar-refractivity contribution in [2.24, 2.45) is 0 Å². The highest BCUT2D eigenvalue weighted by atomic mass is 19.1. The third-order valence-corrected chi connectivity index (χ3v) is 4.41. The fourth-order valence-corrected chi connectivity index (χ4v) is 2.94. The summed E-state index contributed by atoms with van der Waals surface area (Å²) in [5, 5.41) is 0. The Hall–Kier alpha value is -2.08. The molecule has 24 heavy (non-hydrogen) atoms. The molecule has 0 aliphatic carbocycles. The van der Waals surface area contributed by atoms with E-state index in [0.29, 0.717) is 18.8 Å². The van der Waals surface area contributed by atoms with Gasteiger partial charge in [-0.05, 0) is 18.6 Å². The highest BCUT2D eigenvalue weighted by molar-refractivity contribution is 5.24. The summed E-state index contributed by atoms with van der Waals surface area (Å²) in [5.74, 6) is 0.272. The Balaban J connectivity index is 1.83. The molecule has 1 N–H and O–H groups in total. The predicted octanol–water partition coefficient (Wildman–Crippen LogP) is 2.47. The lowest BCUT2D eigenvalue weighted by Crippen LogP contribution is -2.37. The third-order valence-electron chi connectivity index (χ3n) is 4.41. The first-order chi connectivity index (χ1) is 11.2. The number of rotatable bonds is 2. The lowest BCUT2D eigenvalue weighted by molar-refractivity contribution is 0.240. The van der Waals surface area contributed by atoms with Crippen molar-refractivity contribution in [3.05, 3.63) is 56.8 Å². The van der Waals surface area contributed by atoms with Crippen LogP contribution >= 0.6 is 0 Å². The molecule has 1 aliphatic rings. The minimum Gasteiger partial charge on any atom is -0.310 e. The number of hydrogen-bond donors (Lipinski definition) is 1. The Morgan fingerprint density at radius 2 is 2.04 bits per heavy atom. The van der Waals surface area contributed by atoms with Crippen LogP contribution in [0.5, 0.6) is 0 Å². The summed E-state index contributed by atoms with van der Waals surface area (Å²) in [5.41, 5.74) is 3.08. The Labute approximate surface area is 141 Å². The Morgan fingerprint density at radius 1 is 1.29 bits per heavy atom. The second-order valence-corrected chi connectivity index (χ2v) is 7.43. The van der Waals surface area contributed by atoms with Gasteiger partial charge in [0.1, 0.15) is 5.82 Å². The van der Waals surface area contributed by atoms with E-state index in [4.69, 9.17) is 0 Å². The minimum absolute atomic E-state index is 0.0522. The predicted molar refractivity (Wildman–Crippen MR) is 90.3 cm³/mol. The summed E-state index contributed by atoms with van der Waals surface area (Å²) in [4.78, 5) is 26.1. The molecule has 0 spiro atoms. The molecule has 6 heteroatoms. The monoisotopic (exact) mass is 330 g/mol. The summed E-state index contributed by atoms with van der Waals surface area (Å²) in [7, 11) is 0. The molecule has 3 rings (SSSR count). The van der Waals surface area contributed by atoms with E-state index in [1.807, 2.05) is 20.8 Å². The number of aromatic amines is 1.